The second-order valence-electron chi connectivity index (χ2n) is 4.67. The summed E-state index contributed by atoms with van der Waals surface area (Å²) >= 11 is 0. The minimum absolute atomic E-state index is 0. The molecule has 0 heterocycles. The van der Waals surface area contributed by atoms with Crippen molar-refractivity contribution in [3.63, 3.8) is 0 Å². The first-order valence-electron chi connectivity index (χ1n) is 6.59. The number of hydrogen-bond acceptors (Lipinski definition) is 0. The van der Waals surface area contributed by atoms with Gasteiger partial charge < -0.3 is 0 Å². The van der Waals surface area contributed by atoms with Crippen molar-refractivity contribution in [3.05, 3.63) is 91.0 Å². The predicted molar refractivity (Wildman–Crippen MR) is 83.9 cm³/mol. The molecule has 0 spiro atoms. The number of halogens is 1. The van der Waals surface area contributed by atoms with Gasteiger partial charge in [-0.25, -0.2) is 0 Å². The summed E-state index contributed by atoms with van der Waals surface area (Å²) in [5, 5.41) is 2.18. The summed E-state index contributed by atoms with van der Waals surface area (Å²) in [5.41, 5.74) is 0. The summed E-state index contributed by atoms with van der Waals surface area (Å²) in [6.07, 6.45) is 0. The van der Waals surface area contributed by atoms with E-state index in [0.29, 0.717) is 5.19 Å². The first-order chi connectivity index (χ1) is 9.82. The van der Waals surface area contributed by atoms with Crippen molar-refractivity contribution >= 4 is 24.0 Å². The molecule has 21 heavy (non-hydrogen) atoms. The van der Waals surface area contributed by atoms with Gasteiger partial charge >= 0.3 is 27.3 Å². The average Bonchev–Trinajstić information content (AvgIpc) is 2.56. The number of benzene rings is 3. The minimum atomic E-state index is -3.43. The molecule has 0 aromatic heterocycles. The molecule has 3 aromatic carbocycles. The normalized spacial score (nSPS) is 10.7. The summed E-state index contributed by atoms with van der Waals surface area (Å²) < 4.78 is 16.1. The van der Waals surface area contributed by atoms with Crippen LogP contribution in [0.3, 0.4) is 0 Å². The molecule has 0 atom stereocenters. The third kappa shape index (κ3) is 3.03. The summed E-state index contributed by atoms with van der Waals surface area (Å²) in [5.74, 6) is 0. The van der Waals surface area contributed by atoms with Crippen LogP contribution in [-0.2, 0) is 0 Å². The molecule has 98 valence electrons. The van der Waals surface area contributed by atoms with E-state index < -0.39 is 8.41 Å². The Kier molecular flexibility index (Phi) is 5.19. The van der Waals surface area contributed by atoms with Gasteiger partial charge in [0.25, 0.3) is 0 Å². The Balaban J connectivity index is 0.00000161. The molecular weight excluding hydrogens is 270 g/mol. The van der Waals surface area contributed by atoms with Gasteiger partial charge in [0.1, 0.15) is 0 Å². The van der Waals surface area contributed by atoms with Crippen molar-refractivity contribution in [3.8, 4) is 0 Å². The number of hydrogen-bond donors (Lipinski definition) is 0. The van der Waals surface area contributed by atoms with Crippen LogP contribution in [0.25, 0.3) is 0 Å². The molecule has 0 nitrogen and oxygen atoms in total. The van der Waals surface area contributed by atoms with Crippen molar-refractivity contribution < 1.29 is 23.0 Å². The molecular formula is C18H14FLiSi. The van der Waals surface area contributed by atoms with E-state index >= 15 is 4.11 Å². The molecule has 0 fully saturated rings. The van der Waals surface area contributed by atoms with Gasteiger partial charge in [-0.2, -0.15) is 30.3 Å². The maximum Gasteiger partial charge on any atom is 1.00 e. The van der Waals surface area contributed by atoms with Crippen molar-refractivity contribution in [1.29, 1.82) is 0 Å². The molecule has 0 bridgehead atoms. The van der Waals surface area contributed by atoms with E-state index in [9.17, 15) is 0 Å². The third-order valence-electron chi connectivity index (χ3n) is 3.42. The fourth-order valence-electron chi connectivity index (χ4n) is 2.42. The molecule has 0 aliphatic heterocycles. The molecule has 3 heteroatoms. The van der Waals surface area contributed by atoms with E-state index in [1.165, 1.54) is 0 Å². The Morgan fingerprint density at radius 2 is 1.14 bits per heavy atom. The predicted octanol–water partition coefficient (Wildman–Crippen LogP) is -0.573. The van der Waals surface area contributed by atoms with Crippen LogP contribution in [-0.4, -0.2) is 8.41 Å². The smallest absolute Gasteiger partial charge is 0.298 e. The maximum absolute atomic E-state index is 16.1. The summed E-state index contributed by atoms with van der Waals surface area (Å²) in [4.78, 5) is 0. The Bertz CT molecular complexity index is 575. The van der Waals surface area contributed by atoms with Crippen LogP contribution >= 0.6 is 0 Å². The summed E-state index contributed by atoms with van der Waals surface area (Å²) in [7, 11) is -3.43. The van der Waals surface area contributed by atoms with Crippen LogP contribution in [0, 0.1) is 6.07 Å². The van der Waals surface area contributed by atoms with Gasteiger partial charge in [-0.1, -0.05) is 60.7 Å². The van der Waals surface area contributed by atoms with Crippen molar-refractivity contribution in [1.82, 2.24) is 0 Å². The summed E-state index contributed by atoms with van der Waals surface area (Å²) in [6.45, 7) is 0. The summed E-state index contributed by atoms with van der Waals surface area (Å²) in [6, 6.07) is 29.4. The van der Waals surface area contributed by atoms with Gasteiger partial charge in [0, 0.05) is 0 Å². The zero-order valence-corrected chi connectivity index (χ0v) is 13.0. The molecule has 0 radical (unpaired) electrons. The Morgan fingerprint density at radius 3 is 1.57 bits per heavy atom. The SMILES string of the molecule is F[Si](c1[c-]cccc1)(c1ccccc1)c1ccccc1.[Li+]. The van der Waals surface area contributed by atoms with Gasteiger partial charge in [-0.05, 0) is 10.4 Å². The standard InChI is InChI=1S/C18H14FSi.Li/c19-20(16-10-4-1-5-11-16,17-12-6-2-7-13-17)18-14-8-3-9-15-18;/h1-14H;/q-1;+1. The van der Waals surface area contributed by atoms with Crippen molar-refractivity contribution in [2.24, 2.45) is 0 Å². The Morgan fingerprint density at radius 1 is 0.667 bits per heavy atom. The van der Waals surface area contributed by atoms with Gasteiger partial charge in [0.15, 0.2) is 0 Å². The van der Waals surface area contributed by atoms with Crippen molar-refractivity contribution in [2.45, 2.75) is 0 Å². The van der Waals surface area contributed by atoms with Crippen LogP contribution in [0.2, 0.25) is 0 Å². The monoisotopic (exact) mass is 284 g/mol. The largest absolute Gasteiger partial charge is 1.00 e. The van der Waals surface area contributed by atoms with Gasteiger partial charge in [0.05, 0.1) is 0 Å². The van der Waals surface area contributed by atoms with E-state index in [0.717, 1.165) is 10.4 Å². The first-order valence-corrected chi connectivity index (χ1v) is 8.47. The second-order valence-corrected chi connectivity index (χ2v) is 7.68. The zero-order chi connectivity index (χ0) is 13.8. The van der Waals surface area contributed by atoms with Gasteiger partial charge in [0.2, 0.25) is 0 Å². The molecule has 0 saturated carbocycles. The van der Waals surface area contributed by atoms with E-state index in [1.54, 1.807) is 6.07 Å². The molecule has 0 amide bonds. The average molecular weight is 284 g/mol. The van der Waals surface area contributed by atoms with Crippen LogP contribution in [0.15, 0.2) is 84.9 Å². The third-order valence-corrected chi connectivity index (χ3v) is 6.73. The van der Waals surface area contributed by atoms with E-state index in [-0.39, 0.29) is 18.9 Å². The van der Waals surface area contributed by atoms with Crippen LogP contribution in [0.4, 0.5) is 4.11 Å². The molecule has 0 N–H and O–H groups in total. The maximum atomic E-state index is 16.1. The quantitative estimate of drug-likeness (QED) is 0.261. The van der Waals surface area contributed by atoms with E-state index in [2.05, 4.69) is 6.07 Å². The fraction of sp³-hybridized carbons (Fsp3) is 0. The molecule has 3 aromatic rings. The van der Waals surface area contributed by atoms with Crippen LogP contribution in [0.5, 0.6) is 0 Å². The number of rotatable bonds is 3. The second kappa shape index (κ2) is 6.91. The van der Waals surface area contributed by atoms with Gasteiger partial charge in [-0.15, -0.1) is 5.19 Å². The first kappa shape index (κ1) is 15.8. The van der Waals surface area contributed by atoms with Crippen molar-refractivity contribution in [2.75, 3.05) is 0 Å². The van der Waals surface area contributed by atoms with Crippen LogP contribution < -0.4 is 34.4 Å². The minimum Gasteiger partial charge on any atom is -0.298 e. The van der Waals surface area contributed by atoms with E-state index in [4.69, 9.17) is 0 Å². The molecule has 0 aliphatic carbocycles. The molecule has 0 aliphatic rings. The topological polar surface area (TPSA) is 0 Å². The Hall–Kier alpha value is -1.60. The zero-order valence-electron chi connectivity index (χ0n) is 12.0. The molecule has 3 rings (SSSR count). The fourth-order valence-corrected chi connectivity index (χ4v) is 5.29. The molecule has 0 unspecified atom stereocenters. The Labute approximate surface area is 138 Å². The molecule has 0 saturated heterocycles. The van der Waals surface area contributed by atoms with Crippen LogP contribution in [0.1, 0.15) is 0 Å². The van der Waals surface area contributed by atoms with Gasteiger partial charge in [-0.3, -0.25) is 4.11 Å². The van der Waals surface area contributed by atoms with E-state index in [1.807, 2.05) is 78.9 Å².